The molecular formula is C20H27N3O3. The molecule has 1 aromatic carbocycles. The quantitative estimate of drug-likeness (QED) is 0.852. The van der Waals surface area contributed by atoms with Crippen LogP contribution in [-0.2, 0) is 22.2 Å². The van der Waals surface area contributed by atoms with Crippen LogP contribution in [0.1, 0.15) is 63.2 Å². The van der Waals surface area contributed by atoms with Crippen LogP contribution in [0.15, 0.2) is 30.5 Å². The van der Waals surface area contributed by atoms with Gasteiger partial charge in [0.25, 0.3) is 5.91 Å². The third-order valence-corrected chi connectivity index (χ3v) is 4.48. The number of nitrogens with zero attached hydrogens (tertiary/aromatic N) is 2. The van der Waals surface area contributed by atoms with Crippen LogP contribution in [0, 0.1) is 0 Å². The van der Waals surface area contributed by atoms with Gasteiger partial charge in [0.2, 0.25) is 0 Å². The highest BCUT2D eigenvalue weighted by Crippen LogP contribution is 2.25. The predicted octanol–water partition coefficient (Wildman–Crippen LogP) is 3.82. The maximum absolute atomic E-state index is 12.7. The van der Waals surface area contributed by atoms with Crippen molar-refractivity contribution < 1.29 is 14.7 Å². The molecule has 2 N–H and O–H groups in total. The van der Waals surface area contributed by atoms with Gasteiger partial charge in [-0.05, 0) is 58.7 Å². The van der Waals surface area contributed by atoms with Crippen molar-refractivity contribution in [2.45, 2.75) is 58.9 Å². The van der Waals surface area contributed by atoms with E-state index in [1.807, 2.05) is 32.4 Å². The molecule has 0 atom stereocenters. The van der Waals surface area contributed by atoms with Crippen molar-refractivity contribution in [3.05, 3.63) is 47.3 Å². The van der Waals surface area contributed by atoms with Crippen LogP contribution < -0.4 is 5.32 Å². The molecule has 1 heterocycles. The second-order valence-electron chi connectivity index (χ2n) is 7.90. The SMILES string of the molecule is CCc1c(C(=O)Nc2ccc(C(C)(C)C(=O)O)cc2)cnn1C(C)(C)C. The number of nitrogens with one attached hydrogen (secondary N) is 1. The number of rotatable bonds is 5. The first kappa shape index (κ1) is 19.7. The van der Waals surface area contributed by atoms with Gasteiger partial charge in [0.1, 0.15) is 0 Å². The predicted molar refractivity (Wildman–Crippen MR) is 102 cm³/mol. The molecule has 1 aromatic heterocycles. The van der Waals surface area contributed by atoms with Crippen molar-refractivity contribution >= 4 is 17.6 Å². The van der Waals surface area contributed by atoms with Crippen LogP contribution in [0.3, 0.4) is 0 Å². The second kappa shape index (κ2) is 6.94. The molecule has 0 bridgehead atoms. The van der Waals surface area contributed by atoms with Gasteiger partial charge in [-0.3, -0.25) is 14.3 Å². The van der Waals surface area contributed by atoms with Crippen molar-refractivity contribution in [1.29, 1.82) is 0 Å². The van der Waals surface area contributed by atoms with E-state index in [2.05, 4.69) is 10.4 Å². The zero-order valence-corrected chi connectivity index (χ0v) is 16.3. The van der Waals surface area contributed by atoms with Crippen molar-refractivity contribution in [1.82, 2.24) is 9.78 Å². The standard InChI is InChI=1S/C20H27N3O3/c1-7-16-15(12-21-23(16)19(2,3)4)17(24)22-14-10-8-13(9-11-14)20(5,6)18(25)26/h8-12H,7H2,1-6H3,(H,22,24)(H,25,26). The minimum absolute atomic E-state index is 0.200. The molecule has 140 valence electrons. The summed E-state index contributed by atoms with van der Waals surface area (Å²) in [7, 11) is 0. The Morgan fingerprint density at radius 1 is 1.12 bits per heavy atom. The highest BCUT2D eigenvalue weighted by molar-refractivity contribution is 6.05. The van der Waals surface area contributed by atoms with Crippen LogP contribution in [0.25, 0.3) is 0 Å². The van der Waals surface area contributed by atoms with Crippen LogP contribution in [0.4, 0.5) is 5.69 Å². The Morgan fingerprint density at radius 2 is 1.69 bits per heavy atom. The number of amides is 1. The first-order valence-corrected chi connectivity index (χ1v) is 8.71. The molecule has 0 saturated carbocycles. The lowest BCUT2D eigenvalue weighted by Crippen LogP contribution is -2.28. The molecule has 0 saturated heterocycles. The van der Waals surface area contributed by atoms with Gasteiger partial charge < -0.3 is 10.4 Å². The van der Waals surface area contributed by atoms with Gasteiger partial charge in [-0.15, -0.1) is 0 Å². The number of anilines is 1. The zero-order valence-electron chi connectivity index (χ0n) is 16.3. The minimum Gasteiger partial charge on any atom is -0.481 e. The molecule has 6 nitrogen and oxygen atoms in total. The Labute approximate surface area is 154 Å². The molecule has 2 aromatic rings. The van der Waals surface area contributed by atoms with E-state index in [0.717, 1.165) is 5.69 Å². The Kier molecular flexibility index (Phi) is 5.26. The lowest BCUT2D eigenvalue weighted by Gasteiger charge is -2.22. The number of carboxylic acids is 1. The second-order valence-corrected chi connectivity index (χ2v) is 7.90. The van der Waals surface area contributed by atoms with Crippen LogP contribution in [-0.4, -0.2) is 26.8 Å². The van der Waals surface area contributed by atoms with E-state index >= 15 is 0 Å². The summed E-state index contributed by atoms with van der Waals surface area (Å²) in [6.07, 6.45) is 2.30. The molecule has 0 aliphatic rings. The zero-order chi connectivity index (χ0) is 19.7. The first-order valence-electron chi connectivity index (χ1n) is 8.71. The van der Waals surface area contributed by atoms with E-state index in [9.17, 15) is 14.7 Å². The Morgan fingerprint density at radius 3 is 2.15 bits per heavy atom. The summed E-state index contributed by atoms with van der Waals surface area (Å²) < 4.78 is 1.88. The van der Waals surface area contributed by atoms with Crippen LogP contribution in [0.2, 0.25) is 0 Å². The molecule has 1 amide bonds. The Balaban J connectivity index is 2.24. The van der Waals surface area contributed by atoms with E-state index in [1.165, 1.54) is 0 Å². The van der Waals surface area contributed by atoms with E-state index in [0.29, 0.717) is 23.2 Å². The minimum atomic E-state index is -0.980. The van der Waals surface area contributed by atoms with Gasteiger partial charge in [0, 0.05) is 5.69 Å². The van der Waals surface area contributed by atoms with E-state index < -0.39 is 11.4 Å². The molecule has 0 aliphatic heterocycles. The average molecular weight is 357 g/mol. The van der Waals surface area contributed by atoms with Gasteiger partial charge >= 0.3 is 5.97 Å². The normalized spacial score (nSPS) is 12.1. The Hall–Kier alpha value is -2.63. The summed E-state index contributed by atoms with van der Waals surface area (Å²) in [5, 5.41) is 16.5. The van der Waals surface area contributed by atoms with Gasteiger partial charge in [-0.1, -0.05) is 19.1 Å². The van der Waals surface area contributed by atoms with Gasteiger partial charge in [-0.2, -0.15) is 5.10 Å². The molecule has 0 fully saturated rings. The molecular weight excluding hydrogens is 330 g/mol. The number of benzene rings is 1. The summed E-state index contributed by atoms with van der Waals surface area (Å²) >= 11 is 0. The van der Waals surface area contributed by atoms with Crippen molar-refractivity contribution in [3.8, 4) is 0 Å². The fourth-order valence-electron chi connectivity index (χ4n) is 2.77. The van der Waals surface area contributed by atoms with Gasteiger partial charge in [0.05, 0.1) is 28.4 Å². The largest absolute Gasteiger partial charge is 0.481 e. The van der Waals surface area contributed by atoms with E-state index in [4.69, 9.17) is 0 Å². The van der Waals surface area contributed by atoms with Gasteiger partial charge in [0.15, 0.2) is 0 Å². The smallest absolute Gasteiger partial charge is 0.313 e. The monoisotopic (exact) mass is 357 g/mol. The fraction of sp³-hybridized carbons (Fsp3) is 0.450. The fourth-order valence-corrected chi connectivity index (χ4v) is 2.77. The summed E-state index contributed by atoms with van der Waals surface area (Å²) in [6, 6.07) is 6.89. The molecule has 6 heteroatoms. The molecule has 0 unspecified atom stereocenters. The average Bonchev–Trinajstić information content (AvgIpc) is 2.99. The summed E-state index contributed by atoms with van der Waals surface area (Å²) in [5.41, 5.74) is 1.55. The van der Waals surface area contributed by atoms with Crippen molar-refractivity contribution in [2.75, 3.05) is 5.32 Å². The van der Waals surface area contributed by atoms with Crippen molar-refractivity contribution in [2.24, 2.45) is 0 Å². The number of carbonyl (C=O) groups excluding carboxylic acids is 1. The maximum atomic E-state index is 12.7. The number of aliphatic carboxylic acids is 1. The number of hydrogen-bond acceptors (Lipinski definition) is 3. The molecule has 0 spiro atoms. The van der Waals surface area contributed by atoms with Crippen LogP contribution >= 0.6 is 0 Å². The molecule has 0 radical (unpaired) electrons. The van der Waals surface area contributed by atoms with E-state index in [-0.39, 0.29) is 11.4 Å². The maximum Gasteiger partial charge on any atom is 0.313 e. The number of aromatic nitrogens is 2. The third kappa shape index (κ3) is 3.79. The molecule has 0 aliphatic carbocycles. The summed E-state index contributed by atoms with van der Waals surface area (Å²) in [4.78, 5) is 24.0. The molecule has 26 heavy (non-hydrogen) atoms. The highest BCUT2D eigenvalue weighted by atomic mass is 16.4. The Bertz CT molecular complexity index is 812. The number of carbonyl (C=O) groups is 2. The lowest BCUT2D eigenvalue weighted by molar-refractivity contribution is -0.142. The summed E-state index contributed by atoms with van der Waals surface area (Å²) in [5.74, 6) is -1.11. The van der Waals surface area contributed by atoms with Crippen molar-refractivity contribution in [3.63, 3.8) is 0 Å². The van der Waals surface area contributed by atoms with Gasteiger partial charge in [-0.25, -0.2) is 0 Å². The first-order chi connectivity index (χ1) is 12.0. The third-order valence-electron chi connectivity index (χ3n) is 4.48. The molecule has 2 rings (SSSR count). The topological polar surface area (TPSA) is 84.2 Å². The number of hydrogen-bond donors (Lipinski definition) is 2. The lowest BCUT2D eigenvalue weighted by atomic mass is 9.85. The van der Waals surface area contributed by atoms with E-state index in [1.54, 1.807) is 44.3 Å². The summed E-state index contributed by atoms with van der Waals surface area (Å²) in [6.45, 7) is 11.4. The van der Waals surface area contributed by atoms with Crippen LogP contribution in [0.5, 0.6) is 0 Å². The highest BCUT2D eigenvalue weighted by Gasteiger charge is 2.29. The number of carboxylic acid groups (broad SMARTS) is 1.